The summed E-state index contributed by atoms with van der Waals surface area (Å²) in [6.45, 7) is 4.71. The Kier molecular flexibility index (Phi) is 8.60. The number of thiazole rings is 1. The maximum Gasteiger partial charge on any atom is 0.124 e. The minimum absolute atomic E-state index is 0.118. The van der Waals surface area contributed by atoms with Crippen LogP contribution >= 0.6 is 22.7 Å². The predicted molar refractivity (Wildman–Crippen MR) is 266 cm³/mol. The van der Waals surface area contributed by atoms with Crippen LogP contribution in [-0.4, -0.2) is 4.98 Å². The second-order valence-corrected chi connectivity index (χ2v) is 18.8. The highest BCUT2D eigenvalue weighted by atomic mass is 32.1. The maximum absolute atomic E-state index is 5.13. The molecule has 0 bridgehead atoms. The second kappa shape index (κ2) is 14.5. The van der Waals surface area contributed by atoms with Crippen molar-refractivity contribution in [3.63, 3.8) is 0 Å². The largest absolute Gasteiger partial charge is 0.310 e. The van der Waals surface area contributed by atoms with Crippen molar-refractivity contribution in [1.29, 1.82) is 0 Å². The number of hydrogen-bond donors (Lipinski definition) is 0. The summed E-state index contributed by atoms with van der Waals surface area (Å²) in [6, 6.07) is 75.4. The van der Waals surface area contributed by atoms with Crippen LogP contribution in [0.1, 0.15) is 25.0 Å². The van der Waals surface area contributed by atoms with Gasteiger partial charge in [-0.15, -0.1) is 22.7 Å². The minimum Gasteiger partial charge on any atom is -0.310 e. The van der Waals surface area contributed by atoms with Crippen LogP contribution in [0.5, 0.6) is 0 Å². The number of anilines is 3. The molecule has 0 saturated carbocycles. The van der Waals surface area contributed by atoms with Gasteiger partial charge in [-0.05, 0) is 98.1 Å². The first-order valence-corrected chi connectivity index (χ1v) is 22.8. The van der Waals surface area contributed by atoms with Gasteiger partial charge in [0.15, 0.2) is 0 Å². The Morgan fingerprint density at radius 1 is 0.387 bits per heavy atom. The monoisotopic (exact) mass is 828 g/mol. The van der Waals surface area contributed by atoms with Crippen LogP contribution in [0.2, 0.25) is 0 Å². The Balaban J connectivity index is 0.957. The SMILES string of the molecule is CC1(C)c2ccccc2-c2ccc(N(c3ccc(-c4cccc5c4sc4c(-c6ccccc6)cccc45)cc3)c3ccc4nc(-c5ccc(-c6ccccc6)cc5)sc4c3)cc21. The highest BCUT2D eigenvalue weighted by Gasteiger charge is 2.35. The Morgan fingerprint density at radius 2 is 0.903 bits per heavy atom. The van der Waals surface area contributed by atoms with E-state index in [1.54, 1.807) is 11.3 Å². The summed E-state index contributed by atoms with van der Waals surface area (Å²) in [6.07, 6.45) is 0. The Hall–Kier alpha value is -7.11. The molecule has 0 saturated heterocycles. The van der Waals surface area contributed by atoms with Crippen LogP contribution in [0.3, 0.4) is 0 Å². The number of nitrogens with zero attached hydrogens (tertiary/aromatic N) is 2. The van der Waals surface area contributed by atoms with Crippen LogP contribution in [0.15, 0.2) is 206 Å². The molecule has 0 unspecified atom stereocenters. The van der Waals surface area contributed by atoms with Gasteiger partial charge in [0, 0.05) is 48.2 Å². The van der Waals surface area contributed by atoms with E-state index in [1.807, 2.05) is 11.3 Å². The molecule has 12 rings (SSSR count). The Morgan fingerprint density at radius 3 is 1.61 bits per heavy atom. The molecule has 2 aromatic heterocycles. The van der Waals surface area contributed by atoms with Crippen LogP contribution < -0.4 is 4.90 Å². The fourth-order valence-corrected chi connectivity index (χ4v) is 11.9. The van der Waals surface area contributed by atoms with Gasteiger partial charge in [-0.25, -0.2) is 4.98 Å². The maximum atomic E-state index is 5.13. The molecule has 0 N–H and O–H groups in total. The Bertz CT molecular complexity index is 3470. The van der Waals surface area contributed by atoms with Crippen molar-refractivity contribution in [2.45, 2.75) is 19.3 Å². The topological polar surface area (TPSA) is 16.1 Å². The number of benzene rings is 9. The van der Waals surface area contributed by atoms with Crippen molar-refractivity contribution in [3.05, 3.63) is 217 Å². The van der Waals surface area contributed by atoms with Crippen molar-refractivity contribution >= 4 is 70.1 Å². The number of hydrogen-bond acceptors (Lipinski definition) is 4. The predicted octanol–water partition coefficient (Wildman–Crippen LogP) is 17.1. The minimum atomic E-state index is -0.118. The second-order valence-electron chi connectivity index (χ2n) is 16.7. The third-order valence-corrected chi connectivity index (χ3v) is 15.1. The zero-order valence-corrected chi connectivity index (χ0v) is 36.0. The molecule has 2 heterocycles. The fraction of sp³-hybridized carbons (Fsp3) is 0.0517. The van der Waals surface area contributed by atoms with Gasteiger partial charge in [0.05, 0.1) is 10.2 Å². The Labute approximate surface area is 369 Å². The zero-order valence-electron chi connectivity index (χ0n) is 34.3. The van der Waals surface area contributed by atoms with E-state index in [2.05, 4.69) is 225 Å². The lowest BCUT2D eigenvalue weighted by Gasteiger charge is -2.28. The van der Waals surface area contributed by atoms with Crippen LogP contribution in [0.25, 0.3) is 85.5 Å². The lowest BCUT2D eigenvalue weighted by Crippen LogP contribution is -2.16. The summed E-state index contributed by atoms with van der Waals surface area (Å²) < 4.78 is 3.81. The molecule has 0 aliphatic heterocycles. The molecule has 1 aliphatic rings. The van der Waals surface area contributed by atoms with E-state index in [0.29, 0.717) is 0 Å². The first kappa shape index (κ1) is 36.7. The van der Waals surface area contributed by atoms with E-state index in [-0.39, 0.29) is 5.41 Å². The third-order valence-electron chi connectivity index (χ3n) is 12.7. The molecular formula is C58H40N2S2. The molecule has 0 atom stereocenters. The van der Waals surface area contributed by atoms with Gasteiger partial charge in [0.1, 0.15) is 5.01 Å². The van der Waals surface area contributed by atoms with Gasteiger partial charge in [-0.2, -0.15) is 0 Å². The molecule has 0 spiro atoms. The quantitative estimate of drug-likeness (QED) is 0.159. The van der Waals surface area contributed by atoms with Gasteiger partial charge in [-0.1, -0.05) is 178 Å². The summed E-state index contributed by atoms with van der Waals surface area (Å²) in [7, 11) is 0. The summed E-state index contributed by atoms with van der Waals surface area (Å²) >= 11 is 3.65. The molecular weight excluding hydrogens is 789 g/mol. The van der Waals surface area contributed by atoms with Gasteiger partial charge >= 0.3 is 0 Å². The lowest BCUT2D eigenvalue weighted by molar-refractivity contribution is 0.660. The van der Waals surface area contributed by atoms with Crippen LogP contribution in [-0.2, 0) is 5.41 Å². The molecule has 294 valence electrons. The van der Waals surface area contributed by atoms with Crippen molar-refractivity contribution < 1.29 is 0 Å². The van der Waals surface area contributed by atoms with Crippen LogP contribution in [0, 0.1) is 0 Å². The molecule has 62 heavy (non-hydrogen) atoms. The highest BCUT2D eigenvalue weighted by molar-refractivity contribution is 7.27. The number of rotatable bonds is 7. The molecule has 1 aliphatic carbocycles. The standard InChI is InChI=1S/C58H40N2S2/c1-58(2)51-22-10-9-17-47(51)48-33-31-43(35-52(48)58)60(44-32-34-53-54(36-44)61-57(59-53)41-25-23-38(24-26-41)37-13-5-3-6-14-37)42-29-27-40(28-30-42)46-19-12-21-50-49-20-11-18-45(55(49)62-56(46)50)39-15-7-4-8-16-39/h3-36H,1-2H3. The van der Waals surface area contributed by atoms with Gasteiger partial charge < -0.3 is 4.90 Å². The molecule has 4 heteroatoms. The van der Waals surface area contributed by atoms with E-state index < -0.39 is 0 Å². The summed E-state index contributed by atoms with van der Waals surface area (Å²) in [4.78, 5) is 7.55. The van der Waals surface area contributed by atoms with Crippen molar-refractivity contribution in [2.24, 2.45) is 0 Å². The van der Waals surface area contributed by atoms with Crippen molar-refractivity contribution in [1.82, 2.24) is 4.98 Å². The molecule has 0 radical (unpaired) electrons. The van der Waals surface area contributed by atoms with Gasteiger partial charge in [-0.3, -0.25) is 0 Å². The molecule has 2 nitrogen and oxygen atoms in total. The van der Waals surface area contributed by atoms with Gasteiger partial charge in [0.2, 0.25) is 0 Å². The first-order valence-electron chi connectivity index (χ1n) is 21.2. The average molecular weight is 829 g/mol. The molecule has 0 amide bonds. The first-order chi connectivity index (χ1) is 30.5. The van der Waals surface area contributed by atoms with E-state index in [1.165, 1.54) is 75.8 Å². The summed E-state index contributed by atoms with van der Waals surface area (Å²) in [5.41, 5.74) is 18.2. The average Bonchev–Trinajstić information content (AvgIpc) is 4.00. The summed E-state index contributed by atoms with van der Waals surface area (Å²) in [5.74, 6) is 0. The third kappa shape index (κ3) is 6.01. The normalized spacial score (nSPS) is 12.8. The smallest absolute Gasteiger partial charge is 0.124 e. The van der Waals surface area contributed by atoms with E-state index in [9.17, 15) is 0 Å². The zero-order chi connectivity index (χ0) is 41.4. The number of aromatic nitrogens is 1. The van der Waals surface area contributed by atoms with E-state index in [0.717, 1.165) is 37.8 Å². The summed E-state index contributed by atoms with van der Waals surface area (Å²) in [5, 5.41) is 3.64. The van der Waals surface area contributed by atoms with E-state index >= 15 is 0 Å². The molecule has 9 aromatic carbocycles. The fourth-order valence-electron chi connectivity index (χ4n) is 9.57. The van der Waals surface area contributed by atoms with E-state index in [4.69, 9.17) is 4.98 Å². The van der Waals surface area contributed by atoms with Crippen molar-refractivity contribution in [3.8, 4) is 55.1 Å². The van der Waals surface area contributed by atoms with Gasteiger partial charge in [0.25, 0.3) is 0 Å². The molecule has 0 fully saturated rings. The number of thiophene rings is 1. The van der Waals surface area contributed by atoms with Crippen molar-refractivity contribution in [2.75, 3.05) is 4.90 Å². The number of fused-ring (bicyclic) bond motifs is 7. The lowest BCUT2D eigenvalue weighted by atomic mass is 9.82. The highest BCUT2D eigenvalue weighted by Crippen LogP contribution is 2.51. The molecule has 11 aromatic rings. The van der Waals surface area contributed by atoms with Crippen LogP contribution in [0.4, 0.5) is 17.1 Å².